The van der Waals surface area contributed by atoms with E-state index in [0.717, 1.165) is 18.4 Å². The van der Waals surface area contributed by atoms with E-state index >= 15 is 0 Å². The Labute approximate surface area is 139 Å². The number of carbonyl (C=O) groups is 1. The standard InChI is InChI=1S/C19H17FN2O2/c20-17-6-1-13(9-15(17)11-23)10-22-18(24)14-2-4-16(5-3-14)19(12-21)7-8-19/h1-6,9,23H,7-8,10-11H2,(H,22,24). The maximum Gasteiger partial charge on any atom is 0.251 e. The number of hydrogen-bond donors (Lipinski definition) is 2. The summed E-state index contributed by atoms with van der Waals surface area (Å²) in [5.74, 6) is -0.701. The van der Waals surface area contributed by atoms with Crippen LogP contribution in [0.15, 0.2) is 42.5 Å². The van der Waals surface area contributed by atoms with Crippen LogP contribution in [0.1, 0.15) is 39.9 Å². The molecule has 0 saturated heterocycles. The van der Waals surface area contributed by atoms with Gasteiger partial charge in [-0.05, 0) is 48.2 Å². The first-order chi connectivity index (χ1) is 11.6. The lowest BCUT2D eigenvalue weighted by Gasteiger charge is -2.09. The summed E-state index contributed by atoms with van der Waals surface area (Å²) in [5.41, 5.74) is 2.03. The first-order valence-electron chi connectivity index (χ1n) is 7.76. The van der Waals surface area contributed by atoms with Crippen LogP contribution in [0.5, 0.6) is 0 Å². The van der Waals surface area contributed by atoms with Gasteiger partial charge in [-0.15, -0.1) is 0 Å². The van der Waals surface area contributed by atoms with E-state index in [-0.39, 0.29) is 30.0 Å². The van der Waals surface area contributed by atoms with Crippen molar-refractivity contribution in [1.82, 2.24) is 5.32 Å². The number of nitrogens with zero attached hydrogens (tertiary/aromatic N) is 1. The number of carbonyl (C=O) groups excluding carboxylic acids is 1. The van der Waals surface area contributed by atoms with Crippen LogP contribution >= 0.6 is 0 Å². The van der Waals surface area contributed by atoms with Gasteiger partial charge in [0.05, 0.1) is 18.1 Å². The first-order valence-corrected chi connectivity index (χ1v) is 7.76. The molecule has 0 aliphatic heterocycles. The van der Waals surface area contributed by atoms with Crippen molar-refractivity contribution in [2.24, 2.45) is 0 Å². The van der Waals surface area contributed by atoms with Gasteiger partial charge in [-0.25, -0.2) is 4.39 Å². The second-order valence-corrected chi connectivity index (χ2v) is 6.04. The number of aliphatic hydroxyl groups is 1. The summed E-state index contributed by atoms with van der Waals surface area (Å²) in [7, 11) is 0. The number of rotatable bonds is 5. The summed E-state index contributed by atoms with van der Waals surface area (Å²) >= 11 is 0. The maximum atomic E-state index is 13.3. The normalized spacial score (nSPS) is 14.7. The summed E-state index contributed by atoms with van der Waals surface area (Å²) in [5, 5.41) is 21.0. The van der Waals surface area contributed by atoms with Gasteiger partial charge in [0.15, 0.2) is 0 Å². The third kappa shape index (κ3) is 3.15. The minimum atomic E-state index is -0.463. The van der Waals surface area contributed by atoms with Crippen LogP contribution in [-0.4, -0.2) is 11.0 Å². The highest BCUT2D eigenvalue weighted by Gasteiger charge is 2.44. The van der Waals surface area contributed by atoms with Crippen molar-refractivity contribution in [2.45, 2.75) is 31.4 Å². The average molecular weight is 324 g/mol. The number of aliphatic hydroxyl groups excluding tert-OH is 1. The largest absolute Gasteiger partial charge is 0.392 e. The Morgan fingerprint density at radius 3 is 2.54 bits per heavy atom. The summed E-state index contributed by atoms with van der Waals surface area (Å²) in [6.07, 6.45) is 1.74. The quantitative estimate of drug-likeness (QED) is 0.888. The Morgan fingerprint density at radius 1 is 1.25 bits per heavy atom. The summed E-state index contributed by atoms with van der Waals surface area (Å²) in [6.45, 7) is -0.133. The third-order valence-corrected chi connectivity index (χ3v) is 4.40. The maximum absolute atomic E-state index is 13.3. The highest BCUT2D eigenvalue weighted by molar-refractivity contribution is 5.94. The molecule has 1 saturated carbocycles. The molecule has 4 nitrogen and oxygen atoms in total. The monoisotopic (exact) mass is 324 g/mol. The van der Waals surface area contributed by atoms with E-state index in [1.54, 1.807) is 18.2 Å². The van der Waals surface area contributed by atoms with Crippen LogP contribution in [0.3, 0.4) is 0 Å². The number of hydrogen-bond acceptors (Lipinski definition) is 3. The van der Waals surface area contributed by atoms with Gasteiger partial charge in [0.1, 0.15) is 5.82 Å². The Hall–Kier alpha value is -2.71. The van der Waals surface area contributed by atoms with Gasteiger partial charge < -0.3 is 10.4 Å². The van der Waals surface area contributed by atoms with Crippen LogP contribution in [-0.2, 0) is 18.6 Å². The summed E-state index contributed by atoms with van der Waals surface area (Å²) in [4.78, 5) is 12.2. The Kier molecular flexibility index (Phi) is 4.32. The molecule has 1 amide bonds. The van der Waals surface area contributed by atoms with Crippen LogP contribution in [0.25, 0.3) is 0 Å². The number of nitrogens with one attached hydrogen (secondary N) is 1. The topological polar surface area (TPSA) is 73.1 Å². The zero-order valence-corrected chi connectivity index (χ0v) is 13.1. The number of amides is 1. The van der Waals surface area contributed by atoms with Crippen LogP contribution in [0.2, 0.25) is 0 Å². The van der Waals surface area contributed by atoms with Gasteiger partial charge in [0.25, 0.3) is 5.91 Å². The van der Waals surface area contributed by atoms with Crippen molar-refractivity contribution in [1.29, 1.82) is 5.26 Å². The van der Waals surface area contributed by atoms with Gasteiger partial charge in [0, 0.05) is 17.7 Å². The SMILES string of the molecule is N#CC1(c2ccc(C(=O)NCc3ccc(F)c(CO)c3)cc2)CC1. The highest BCUT2D eigenvalue weighted by Crippen LogP contribution is 2.47. The molecule has 0 bridgehead atoms. The van der Waals surface area contributed by atoms with Crippen LogP contribution in [0, 0.1) is 17.1 Å². The van der Waals surface area contributed by atoms with E-state index in [1.165, 1.54) is 12.1 Å². The summed E-state index contributed by atoms with van der Waals surface area (Å²) < 4.78 is 13.3. The molecule has 0 spiro atoms. The lowest BCUT2D eigenvalue weighted by molar-refractivity contribution is 0.0951. The molecule has 122 valence electrons. The van der Waals surface area contributed by atoms with Crippen molar-refractivity contribution in [3.63, 3.8) is 0 Å². The average Bonchev–Trinajstić information content (AvgIpc) is 3.42. The van der Waals surface area contributed by atoms with Gasteiger partial charge in [-0.2, -0.15) is 5.26 Å². The predicted octanol–water partition coefficient (Wildman–Crippen LogP) is 2.80. The molecule has 2 aromatic carbocycles. The van der Waals surface area contributed by atoms with Gasteiger partial charge in [0.2, 0.25) is 0 Å². The van der Waals surface area contributed by atoms with E-state index in [9.17, 15) is 14.4 Å². The number of halogens is 1. The summed E-state index contributed by atoms with van der Waals surface area (Å²) in [6, 6.07) is 13.8. The van der Waals surface area contributed by atoms with Crippen LogP contribution in [0.4, 0.5) is 4.39 Å². The second kappa shape index (κ2) is 6.42. The predicted molar refractivity (Wildman–Crippen MR) is 86.5 cm³/mol. The highest BCUT2D eigenvalue weighted by atomic mass is 19.1. The minimum absolute atomic E-state index is 0.206. The minimum Gasteiger partial charge on any atom is -0.392 e. The molecule has 1 fully saturated rings. The zero-order chi connectivity index (χ0) is 17.2. The molecule has 24 heavy (non-hydrogen) atoms. The molecule has 0 heterocycles. The van der Waals surface area contributed by atoms with Crippen molar-refractivity contribution in [3.8, 4) is 6.07 Å². The van der Waals surface area contributed by atoms with E-state index < -0.39 is 5.82 Å². The van der Waals surface area contributed by atoms with Crippen molar-refractivity contribution in [2.75, 3.05) is 0 Å². The molecular formula is C19H17FN2O2. The van der Waals surface area contributed by atoms with E-state index in [1.807, 2.05) is 12.1 Å². The molecule has 0 aromatic heterocycles. The van der Waals surface area contributed by atoms with Crippen molar-refractivity contribution < 1.29 is 14.3 Å². The smallest absolute Gasteiger partial charge is 0.251 e. The van der Waals surface area contributed by atoms with Gasteiger partial charge in [-0.1, -0.05) is 18.2 Å². The molecule has 5 heteroatoms. The fraction of sp³-hybridized carbons (Fsp3) is 0.263. The molecular weight excluding hydrogens is 307 g/mol. The molecule has 0 atom stereocenters. The molecule has 2 N–H and O–H groups in total. The fourth-order valence-electron chi connectivity index (χ4n) is 2.67. The molecule has 1 aliphatic carbocycles. The zero-order valence-electron chi connectivity index (χ0n) is 13.1. The van der Waals surface area contributed by atoms with Crippen LogP contribution < -0.4 is 5.32 Å². The molecule has 3 rings (SSSR count). The lowest BCUT2D eigenvalue weighted by atomic mass is 9.96. The molecule has 2 aromatic rings. The van der Waals surface area contributed by atoms with Crippen molar-refractivity contribution >= 4 is 5.91 Å². The first kappa shape index (κ1) is 16.2. The number of benzene rings is 2. The lowest BCUT2D eigenvalue weighted by Crippen LogP contribution is -2.23. The van der Waals surface area contributed by atoms with Crippen molar-refractivity contribution in [3.05, 3.63) is 70.5 Å². The van der Waals surface area contributed by atoms with Gasteiger partial charge in [-0.3, -0.25) is 4.79 Å². The van der Waals surface area contributed by atoms with E-state index in [0.29, 0.717) is 11.1 Å². The Bertz CT molecular complexity index is 805. The fourth-order valence-corrected chi connectivity index (χ4v) is 2.67. The Morgan fingerprint density at radius 2 is 1.96 bits per heavy atom. The molecule has 0 radical (unpaired) electrons. The molecule has 1 aliphatic rings. The third-order valence-electron chi connectivity index (χ3n) is 4.40. The van der Waals surface area contributed by atoms with E-state index in [4.69, 9.17) is 5.11 Å². The van der Waals surface area contributed by atoms with E-state index in [2.05, 4.69) is 11.4 Å². The number of nitriles is 1. The van der Waals surface area contributed by atoms with Gasteiger partial charge >= 0.3 is 0 Å². The molecule has 0 unspecified atom stereocenters. The second-order valence-electron chi connectivity index (χ2n) is 6.04. The Balaban J connectivity index is 1.64.